The minimum atomic E-state index is -0.0155. The molecule has 2 atom stereocenters. The second-order valence-electron chi connectivity index (χ2n) is 4.52. The summed E-state index contributed by atoms with van der Waals surface area (Å²) in [5, 5.41) is 9.24. The Balaban J connectivity index is 2.92. The maximum atomic E-state index is 9.24. The van der Waals surface area contributed by atoms with Gasteiger partial charge < -0.3 is 15.6 Å². The van der Waals surface area contributed by atoms with Crippen molar-refractivity contribution in [3.05, 3.63) is 30.1 Å². The molecule has 0 spiro atoms. The molecule has 0 fully saturated rings. The fraction of sp³-hybridized carbons (Fsp3) is 0.643. The van der Waals surface area contributed by atoms with Crippen LogP contribution in [0.1, 0.15) is 25.1 Å². The van der Waals surface area contributed by atoms with Gasteiger partial charge in [0.25, 0.3) is 0 Å². The van der Waals surface area contributed by atoms with Crippen LogP contribution < -0.4 is 5.73 Å². The number of hydrogen-bond acceptors (Lipinski definition) is 5. The molecule has 0 aliphatic heterocycles. The number of aromatic nitrogens is 1. The number of nitrogens with two attached hydrogens (primary N) is 1. The van der Waals surface area contributed by atoms with Crippen LogP contribution >= 0.6 is 0 Å². The fourth-order valence-electron chi connectivity index (χ4n) is 2.18. The Hall–Kier alpha value is -1.01. The zero-order valence-electron chi connectivity index (χ0n) is 11.8. The number of pyridine rings is 1. The largest absolute Gasteiger partial charge is 0.395 e. The van der Waals surface area contributed by atoms with Gasteiger partial charge in [0.1, 0.15) is 0 Å². The molecule has 1 aromatic rings. The van der Waals surface area contributed by atoms with Crippen molar-refractivity contribution in [1.29, 1.82) is 0 Å². The van der Waals surface area contributed by atoms with Crippen LogP contribution in [0, 0.1) is 0 Å². The van der Waals surface area contributed by atoms with E-state index >= 15 is 0 Å². The minimum absolute atomic E-state index is 0.00787. The first-order chi connectivity index (χ1) is 9.24. The molecular weight excluding hydrogens is 242 g/mol. The highest BCUT2D eigenvalue weighted by Crippen LogP contribution is 2.22. The van der Waals surface area contributed by atoms with Crippen molar-refractivity contribution in [3.63, 3.8) is 0 Å². The van der Waals surface area contributed by atoms with Crippen molar-refractivity contribution in [3.8, 4) is 0 Å². The topological polar surface area (TPSA) is 71.6 Å². The highest BCUT2D eigenvalue weighted by molar-refractivity contribution is 5.11. The molecule has 5 nitrogen and oxygen atoms in total. The molecule has 0 aliphatic rings. The van der Waals surface area contributed by atoms with E-state index < -0.39 is 0 Å². The summed E-state index contributed by atoms with van der Waals surface area (Å²) < 4.78 is 5.13. The van der Waals surface area contributed by atoms with Gasteiger partial charge in [0.15, 0.2) is 0 Å². The highest BCUT2D eigenvalue weighted by Gasteiger charge is 2.26. The number of methoxy groups -OCH3 is 1. The summed E-state index contributed by atoms with van der Waals surface area (Å²) in [6.07, 6.45) is 2.63. The number of nitrogens with zero attached hydrogens (tertiary/aromatic N) is 2. The third kappa shape index (κ3) is 4.87. The lowest BCUT2D eigenvalue weighted by molar-refractivity contribution is 0.0883. The second-order valence-corrected chi connectivity index (χ2v) is 4.52. The standard InChI is InChI=1S/C14H25N3O2/c1-3-12(15)14(13-6-4-5-7-16-13)17(8-10-18)9-11-19-2/h4-7,12,14,18H,3,8-11,15H2,1-2H3. The Kier molecular flexibility index (Phi) is 7.59. The molecule has 0 saturated carbocycles. The van der Waals surface area contributed by atoms with E-state index in [0.29, 0.717) is 13.2 Å². The van der Waals surface area contributed by atoms with Crippen LogP contribution in [0.25, 0.3) is 0 Å². The first-order valence-corrected chi connectivity index (χ1v) is 6.74. The zero-order valence-corrected chi connectivity index (χ0v) is 11.8. The van der Waals surface area contributed by atoms with Gasteiger partial charge in [-0.15, -0.1) is 0 Å². The fourth-order valence-corrected chi connectivity index (χ4v) is 2.18. The molecule has 0 aliphatic carbocycles. The molecule has 19 heavy (non-hydrogen) atoms. The first kappa shape index (κ1) is 16.0. The van der Waals surface area contributed by atoms with Crippen LogP contribution in [-0.4, -0.2) is 54.4 Å². The smallest absolute Gasteiger partial charge is 0.0675 e. The third-order valence-electron chi connectivity index (χ3n) is 3.23. The Labute approximate surface area is 115 Å². The van der Waals surface area contributed by atoms with Crippen LogP contribution in [0.15, 0.2) is 24.4 Å². The van der Waals surface area contributed by atoms with E-state index in [4.69, 9.17) is 10.5 Å². The first-order valence-electron chi connectivity index (χ1n) is 6.74. The van der Waals surface area contributed by atoms with Gasteiger partial charge in [0.2, 0.25) is 0 Å². The van der Waals surface area contributed by atoms with Gasteiger partial charge in [-0.3, -0.25) is 9.88 Å². The summed E-state index contributed by atoms with van der Waals surface area (Å²) in [4.78, 5) is 6.55. The predicted molar refractivity (Wildman–Crippen MR) is 75.8 cm³/mol. The predicted octanol–water partition coefficient (Wildman–Crippen LogP) is 0.801. The van der Waals surface area contributed by atoms with Crippen molar-refractivity contribution in [2.45, 2.75) is 25.4 Å². The van der Waals surface area contributed by atoms with Gasteiger partial charge in [-0.05, 0) is 18.6 Å². The average molecular weight is 267 g/mol. The summed E-state index contributed by atoms with van der Waals surface area (Å²) in [6.45, 7) is 4.07. The van der Waals surface area contributed by atoms with Gasteiger partial charge in [-0.2, -0.15) is 0 Å². The maximum Gasteiger partial charge on any atom is 0.0675 e. The number of rotatable bonds is 9. The van der Waals surface area contributed by atoms with Crippen LogP contribution in [-0.2, 0) is 4.74 Å². The molecule has 1 heterocycles. The zero-order chi connectivity index (χ0) is 14.1. The molecule has 0 aromatic carbocycles. The SMILES string of the molecule is CCC(N)C(c1ccccn1)N(CCO)CCOC. The molecular formula is C14H25N3O2. The Morgan fingerprint density at radius 2 is 2.21 bits per heavy atom. The summed E-state index contributed by atoms with van der Waals surface area (Å²) in [7, 11) is 1.67. The van der Waals surface area contributed by atoms with Crippen molar-refractivity contribution < 1.29 is 9.84 Å². The van der Waals surface area contributed by atoms with Gasteiger partial charge >= 0.3 is 0 Å². The molecule has 0 bridgehead atoms. The van der Waals surface area contributed by atoms with Crippen molar-refractivity contribution in [2.75, 3.05) is 33.4 Å². The number of ether oxygens (including phenoxy) is 1. The molecule has 1 rings (SSSR count). The van der Waals surface area contributed by atoms with Crippen molar-refractivity contribution in [1.82, 2.24) is 9.88 Å². The Morgan fingerprint density at radius 1 is 1.42 bits per heavy atom. The van der Waals surface area contributed by atoms with Crippen LogP contribution in [0.4, 0.5) is 0 Å². The summed E-state index contributed by atoms with van der Waals surface area (Å²) >= 11 is 0. The van der Waals surface area contributed by atoms with E-state index in [-0.39, 0.29) is 18.7 Å². The van der Waals surface area contributed by atoms with E-state index in [1.54, 1.807) is 13.3 Å². The van der Waals surface area contributed by atoms with Crippen LogP contribution in [0.3, 0.4) is 0 Å². The molecule has 2 unspecified atom stereocenters. The number of hydrogen-bond donors (Lipinski definition) is 2. The summed E-state index contributed by atoms with van der Waals surface area (Å²) in [5.41, 5.74) is 7.19. The van der Waals surface area contributed by atoms with Crippen LogP contribution in [0.2, 0.25) is 0 Å². The summed E-state index contributed by atoms with van der Waals surface area (Å²) in [6, 6.07) is 5.83. The molecule has 0 amide bonds. The third-order valence-corrected chi connectivity index (χ3v) is 3.23. The Bertz CT molecular complexity index is 335. The van der Waals surface area contributed by atoms with E-state index in [1.165, 1.54) is 0 Å². The number of aliphatic hydroxyl groups is 1. The van der Waals surface area contributed by atoms with Crippen molar-refractivity contribution >= 4 is 0 Å². The van der Waals surface area contributed by atoms with E-state index in [9.17, 15) is 5.11 Å². The lowest BCUT2D eigenvalue weighted by atomic mass is 10.0. The van der Waals surface area contributed by atoms with Gasteiger partial charge in [0.05, 0.1) is 24.9 Å². The second kappa shape index (κ2) is 8.98. The molecule has 0 saturated heterocycles. The lowest BCUT2D eigenvalue weighted by Crippen LogP contribution is -2.44. The molecule has 0 radical (unpaired) electrons. The van der Waals surface area contributed by atoms with Gasteiger partial charge in [-0.1, -0.05) is 13.0 Å². The van der Waals surface area contributed by atoms with Crippen LogP contribution in [0.5, 0.6) is 0 Å². The van der Waals surface area contributed by atoms with E-state index in [0.717, 1.165) is 18.7 Å². The quantitative estimate of drug-likeness (QED) is 0.692. The number of aliphatic hydroxyl groups excluding tert-OH is 1. The Morgan fingerprint density at radius 3 is 2.74 bits per heavy atom. The van der Waals surface area contributed by atoms with Crippen molar-refractivity contribution in [2.24, 2.45) is 5.73 Å². The monoisotopic (exact) mass is 267 g/mol. The summed E-state index contributed by atoms with van der Waals surface area (Å²) in [5.74, 6) is 0. The minimum Gasteiger partial charge on any atom is -0.395 e. The van der Waals surface area contributed by atoms with E-state index in [1.807, 2.05) is 18.2 Å². The molecule has 108 valence electrons. The lowest BCUT2D eigenvalue weighted by Gasteiger charge is -2.34. The molecule has 5 heteroatoms. The highest BCUT2D eigenvalue weighted by atomic mass is 16.5. The van der Waals surface area contributed by atoms with E-state index in [2.05, 4.69) is 16.8 Å². The molecule has 3 N–H and O–H groups in total. The normalized spacial score (nSPS) is 14.6. The molecule has 1 aromatic heterocycles. The van der Waals surface area contributed by atoms with Gasteiger partial charge in [0, 0.05) is 32.4 Å². The maximum absolute atomic E-state index is 9.24. The van der Waals surface area contributed by atoms with Gasteiger partial charge in [-0.25, -0.2) is 0 Å². The average Bonchev–Trinajstić information content (AvgIpc) is 2.46.